The highest BCUT2D eigenvalue weighted by Crippen LogP contribution is 2.20. The second-order valence-corrected chi connectivity index (χ2v) is 3.77. The molecular formula is C9H8N3O2P. The molecule has 1 heterocycles. The monoisotopic (exact) mass is 221 g/mol. The smallest absolute Gasteiger partial charge is 0.258 e. The quantitative estimate of drug-likeness (QED) is 0.414. The van der Waals surface area contributed by atoms with Crippen LogP contribution in [0.4, 0.5) is 5.69 Å². The molecule has 15 heavy (non-hydrogen) atoms. The van der Waals surface area contributed by atoms with Crippen molar-refractivity contribution in [3.8, 4) is 0 Å². The molecule has 5 nitrogen and oxygen atoms in total. The van der Waals surface area contributed by atoms with Crippen LogP contribution < -0.4 is 5.30 Å². The van der Waals surface area contributed by atoms with E-state index >= 15 is 0 Å². The van der Waals surface area contributed by atoms with Crippen LogP contribution >= 0.6 is 9.24 Å². The molecule has 0 aliphatic heterocycles. The van der Waals surface area contributed by atoms with E-state index in [9.17, 15) is 10.1 Å². The van der Waals surface area contributed by atoms with Crippen molar-refractivity contribution < 1.29 is 4.92 Å². The minimum Gasteiger partial charge on any atom is -0.258 e. The van der Waals surface area contributed by atoms with Crippen LogP contribution in [0.25, 0.3) is 10.9 Å². The molecule has 0 aliphatic rings. The lowest BCUT2D eigenvalue weighted by atomic mass is 10.2. The lowest BCUT2D eigenvalue weighted by Crippen LogP contribution is -2.03. The minimum atomic E-state index is -0.409. The number of fused-ring (bicyclic) bond motifs is 1. The van der Waals surface area contributed by atoms with Gasteiger partial charge in [-0.2, -0.15) is 0 Å². The fraction of sp³-hybridized carbons (Fsp3) is 0.111. The third kappa shape index (κ3) is 1.66. The number of aromatic nitrogens is 2. The van der Waals surface area contributed by atoms with Crippen molar-refractivity contribution in [3.05, 3.63) is 34.3 Å². The normalized spacial score (nSPS) is 10.5. The van der Waals surface area contributed by atoms with Gasteiger partial charge in [0.15, 0.2) is 0 Å². The number of aryl methyl sites for hydroxylation is 1. The zero-order valence-corrected chi connectivity index (χ0v) is 9.12. The molecule has 1 aromatic carbocycles. The van der Waals surface area contributed by atoms with Gasteiger partial charge in [0.25, 0.3) is 5.69 Å². The van der Waals surface area contributed by atoms with Crippen molar-refractivity contribution in [1.29, 1.82) is 0 Å². The van der Waals surface area contributed by atoms with E-state index < -0.39 is 4.92 Å². The molecule has 0 aliphatic carbocycles. The average molecular weight is 221 g/mol. The molecule has 0 radical (unpaired) electrons. The molecule has 6 heteroatoms. The van der Waals surface area contributed by atoms with Crippen LogP contribution in [-0.2, 0) is 0 Å². The fourth-order valence-electron chi connectivity index (χ4n) is 1.39. The van der Waals surface area contributed by atoms with Crippen molar-refractivity contribution in [3.63, 3.8) is 0 Å². The number of nitro benzene ring substituents is 1. The standard InChI is InChI=1S/C9H8N3O2P/c1-5-6-2-8(12(13)14)9(15)3-7(6)11-4-10-5/h2-4H,15H2,1H3. The molecule has 1 unspecified atom stereocenters. The van der Waals surface area contributed by atoms with Crippen LogP contribution in [0.3, 0.4) is 0 Å². The Morgan fingerprint density at radius 3 is 2.80 bits per heavy atom. The zero-order valence-electron chi connectivity index (χ0n) is 7.97. The van der Waals surface area contributed by atoms with Crippen molar-refractivity contribution in [1.82, 2.24) is 9.97 Å². The van der Waals surface area contributed by atoms with Crippen LogP contribution in [0.5, 0.6) is 0 Å². The summed E-state index contributed by atoms with van der Waals surface area (Å²) in [7, 11) is 2.34. The molecule has 1 aromatic heterocycles. The molecule has 1 atom stereocenters. The van der Waals surface area contributed by atoms with Crippen LogP contribution in [0, 0.1) is 17.0 Å². The van der Waals surface area contributed by atoms with Crippen molar-refractivity contribution in [2.75, 3.05) is 0 Å². The molecule has 0 saturated heterocycles. The van der Waals surface area contributed by atoms with Crippen molar-refractivity contribution in [2.24, 2.45) is 0 Å². The molecule has 0 N–H and O–H groups in total. The maximum absolute atomic E-state index is 10.7. The Hall–Kier alpha value is -1.61. The van der Waals surface area contributed by atoms with Crippen LogP contribution in [0.1, 0.15) is 5.69 Å². The fourth-order valence-corrected chi connectivity index (χ4v) is 1.74. The third-order valence-electron chi connectivity index (χ3n) is 2.18. The van der Waals surface area contributed by atoms with Crippen LogP contribution in [0.15, 0.2) is 18.5 Å². The summed E-state index contributed by atoms with van der Waals surface area (Å²) < 4.78 is 0. The van der Waals surface area contributed by atoms with E-state index in [0.29, 0.717) is 5.30 Å². The zero-order chi connectivity index (χ0) is 11.0. The number of nitrogens with zero attached hydrogens (tertiary/aromatic N) is 3. The SMILES string of the molecule is Cc1ncnc2cc(P)c([N+](=O)[O-])cc12. The van der Waals surface area contributed by atoms with E-state index in [-0.39, 0.29) is 5.69 Å². The van der Waals surface area contributed by atoms with E-state index in [1.165, 1.54) is 12.4 Å². The summed E-state index contributed by atoms with van der Waals surface area (Å²) in [6.07, 6.45) is 1.45. The first-order chi connectivity index (χ1) is 7.09. The summed E-state index contributed by atoms with van der Waals surface area (Å²) in [4.78, 5) is 18.4. The predicted octanol–water partition coefficient (Wildman–Crippen LogP) is 1.35. The van der Waals surface area contributed by atoms with Gasteiger partial charge in [0.05, 0.1) is 10.4 Å². The van der Waals surface area contributed by atoms with Gasteiger partial charge in [0, 0.05) is 22.5 Å². The number of hydrogen-bond donors (Lipinski definition) is 0. The maximum atomic E-state index is 10.7. The van der Waals surface area contributed by atoms with E-state index in [1.54, 1.807) is 13.0 Å². The number of hydrogen-bond acceptors (Lipinski definition) is 4. The summed E-state index contributed by atoms with van der Waals surface area (Å²) >= 11 is 0. The van der Waals surface area contributed by atoms with E-state index in [4.69, 9.17) is 0 Å². The third-order valence-corrected chi connectivity index (χ3v) is 2.64. The topological polar surface area (TPSA) is 68.9 Å². The highest BCUT2D eigenvalue weighted by atomic mass is 31.0. The van der Waals surface area contributed by atoms with Gasteiger partial charge >= 0.3 is 0 Å². The summed E-state index contributed by atoms with van der Waals surface area (Å²) in [6, 6.07) is 3.18. The average Bonchev–Trinajstić information content (AvgIpc) is 2.16. The predicted molar refractivity (Wildman–Crippen MR) is 60.3 cm³/mol. The Kier molecular flexibility index (Phi) is 2.32. The molecule has 0 bridgehead atoms. The Morgan fingerprint density at radius 1 is 1.40 bits per heavy atom. The van der Waals surface area contributed by atoms with Gasteiger partial charge in [-0.25, -0.2) is 9.97 Å². The molecule has 0 amide bonds. The molecule has 0 spiro atoms. The van der Waals surface area contributed by atoms with Gasteiger partial charge in [-0.15, -0.1) is 0 Å². The lowest BCUT2D eigenvalue weighted by Gasteiger charge is -2.02. The largest absolute Gasteiger partial charge is 0.277 e. The van der Waals surface area contributed by atoms with Gasteiger partial charge in [0.1, 0.15) is 6.33 Å². The van der Waals surface area contributed by atoms with Gasteiger partial charge in [0.2, 0.25) is 0 Å². The first kappa shape index (κ1) is 9.93. The number of benzene rings is 1. The highest BCUT2D eigenvalue weighted by Gasteiger charge is 2.13. The summed E-state index contributed by atoms with van der Waals surface area (Å²) in [5.74, 6) is 0. The van der Waals surface area contributed by atoms with E-state index in [0.717, 1.165) is 16.6 Å². The van der Waals surface area contributed by atoms with Crippen molar-refractivity contribution >= 4 is 31.1 Å². The number of nitro groups is 1. The Balaban J connectivity index is 2.83. The first-order valence-corrected chi connectivity index (χ1v) is 4.82. The van der Waals surface area contributed by atoms with Gasteiger partial charge in [-0.05, 0) is 13.0 Å². The maximum Gasteiger partial charge on any atom is 0.277 e. The Labute approximate surface area is 87.9 Å². The molecular weight excluding hydrogens is 213 g/mol. The van der Waals surface area contributed by atoms with Gasteiger partial charge in [-0.3, -0.25) is 10.1 Å². The van der Waals surface area contributed by atoms with Gasteiger partial charge in [-0.1, -0.05) is 9.24 Å². The van der Waals surface area contributed by atoms with Crippen LogP contribution in [-0.4, -0.2) is 14.9 Å². The Morgan fingerprint density at radius 2 is 2.13 bits per heavy atom. The molecule has 76 valence electrons. The highest BCUT2D eigenvalue weighted by molar-refractivity contribution is 7.28. The van der Waals surface area contributed by atoms with Crippen LogP contribution in [0.2, 0.25) is 0 Å². The molecule has 0 fully saturated rings. The van der Waals surface area contributed by atoms with Crippen molar-refractivity contribution in [2.45, 2.75) is 6.92 Å². The van der Waals surface area contributed by atoms with E-state index in [1.807, 2.05) is 0 Å². The Bertz CT molecular complexity index is 556. The summed E-state index contributed by atoms with van der Waals surface area (Å²) in [5, 5.41) is 12.0. The first-order valence-electron chi connectivity index (χ1n) is 4.25. The second kappa shape index (κ2) is 3.51. The molecule has 2 aromatic rings. The summed E-state index contributed by atoms with van der Waals surface area (Å²) in [6.45, 7) is 1.80. The summed E-state index contributed by atoms with van der Waals surface area (Å²) in [5.41, 5.74) is 1.54. The van der Waals surface area contributed by atoms with Gasteiger partial charge < -0.3 is 0 Å². The molecule has 2 rings (SSSR count). The van der Waals surface area contributed by atoms with E-state index in [2.05, 4.69) is 19.2 Å². The number of rotatable bonds is 1. The second-order valence-electron chi connectivity index (χ2n) is 3.14. The minimum absolute atomic E-state index is 0.0744. The molecule has 0 saturated carbocycles. The lowest BCUT2D eigenvalue weighted by molar-refractivity contribution is -0.383.